The van der Waals surface area contributed by atoms with Gasteiger partial charge in [-0.25, -0.2) is 4.79 Å². The molecule has 1 heterocycles. The van der Waals surface area contributed by atoms with Crippen LogP contribution in [0.1, 0.15) is 11.1 Å². The van der Waals surface area contributed by atoms with Gasteiger partial charge in [0, 0.05) is 4.70 Å². The quantitative estimate of drug-likeness (QED) is 0.623. The molecule has 0 saturated carbocycles. The summed E-state index contributed by atoms with van der Waals surface area (Å²) < 4.78 is 45.2. The number of nitrogens with one attached hydrogen (secondary N) is 1. The van der Waals surface area contributed by atoms with E-state index >= 15 is 0 Å². The van der Waals surface area contributed by atoms with Crippen LogP contribution in [0.15, 0.2) is 60.0 Å². The van der Waals surface area contributed by atoms with Crippen LogP contribution in [0.25, 0.3) is 10.1 Å². The van der Waals surface area contributed by atoms with E-state index in [1.165, 1.54) is 11.3 Å². The summed E-state index contributed by atoms with van der Waals surface area (Å²) >= 11 is 1.39. The van der Waals surface area contributed by atoms with E-state index in [-0.39, 0.29) is 13.0 Å². The van der Waals surface area contributed by atoms with Crippen molar-refractivity contribution in [3.8, 4) is 0 Å². The van der Waals surface area contributed by atoms with Gasteiger partial charge in [0.25, 0.3) is 0 Å². The van der Waals surface area contributed by atoms with E-state index in [4.69, 9.17) is 4.74 Å². The molecular formula is C20H18F3NO3S. The molecule has 148 valence electrons. The molecule has 0 spiro atoms. The fourth-order valence-corrected chi connectivity index (χ4v) is 3.79. The normalized spacial score (nSPS) is 13.9. The van der Waals surface area contributed by atoms with Crippen LogP contribution in [0, 0.1) is 0 Å². The smallest absolute Gasteiger partial charge is 0.416 e. The molecule has 0 fully saturated rings. The number of hydrogen-bond acceptors (Lipinski definition) is 4. The van der Waals surface area contributed by atoms with Crippen LogP contribution < -0.4 is 5.32 Å². The van der Waals surface area contributed by atoms with E-state index in [2.05, 4.69) is 5.32 Å². The van der Waals surface area contributed by atoms with Crippen molar-refractivity contribution >= 4 is 27.5 Å². The molecule has 2 unspecified atom stereocenters. The monoisotopic (exact) mass is 409 g/mol. The van der Waals surface area contributed by atoms with Gasteiger partial charge in [-0.1, -0.05) is 48.5 Å². The maximum absolute atomic E-state index is 13.1. The SMILES string of the molecule is O=C(NC(Cc1csc2ccccc12)C(O)C(F)(F)F)OCc1ccccc1. The van der Waals surface area contributed by atoms with E-state index in [1.54, 1.807) is 47.8 Å². The minimum Gasteiger partial charge on any atom is -0.445 e. The highest BCUT2D eigenvalue weighted by Gasteiger charge is 2.44. The first-order valence-electron chi connectivity index (χ1n) is 8.51. The fraction of sp³-hybridized carbons (Fsp3) is 0.250. The van der Waals surface area contributed by atoms with E-state index in [0.29, 0.717) is 11.1 Å². The first-order valence-corrected chi connectivity index (χ1v) is 9.39. The topological polar surface area (TPSA) is 58.6 Å². The summed E-state index contributed by atoms with van der Waals surface area (Å²) in [6.45, 7) is -0.0805. The summed E-state index contributed by atoms with van der Waals surface area (Å²) in [5.41, 5.74) is 1.33. The fourth-order valence-electron chi connectivity index (χ4n) is 2.81. The lowest BCUT2D eigenvalue weighted by Crippen LogP contribution is -2.51. The van der Waals surface area contributed by atoms with Gasteiger partial charge in [-0.2, -0.15) is 13.2 Å². The second-order valence-electron chi connectivity index (χ2n) is 6.26. The number of aliphatic hydroxyl groups is 1. The average Bonchev–Trinajstić information content (AvgIpc) is 3.08. The Kier molecular flexibility index (Phi) is 6.21. The number of rotatable bonds is 6. The summed E-state index contributed by atoms with van der Waals surface area (Å²) in [5.74, 6) is 0. The first kappa shape index (κ1) is 20.2. The Morgan fingerprint density at radius 3 is 2.50 bits per heavy atom. The number of alkyl carbamates (subject to hydrolysis) is 1. The van der Waals surface area contributed by atoms with E-state index < -0.39 is 24.4 Å². The predicted octanol–water partition coefficient (Wildman–Crippen LogP) is 4.66. The highest BCUT2D eigenvalue weighted by molar-refractivity contribution is 7.17. The maximum Gasteiger partial charge on any atom is 0.416 e. The molecule has 0 aliphatic heterocycles. The minimum atomic E-state index is -4.87. The van der Waals surface area contributed by atoms with Gasteiger partial charge in [0.1, 0.15) is 6.61 Å². The number of carbonyl (C=O) groups is 1. The number of amides is 1. The minimum absolute atomic E-state index is 0.0805. The zero-order chi connectivity index (χ0) is 20.1. The van der Waals surface area contributed by atoms with Crippen LogP contribution in [-0.2, 0) is 17.8 Å². The molecule has 28 heavy (non-hydrogen) atoms. The van der Waals surface area contributed by atoms with Crippen molar-refractivity contribution < 1.29 is 27.8 Å². The Labute approximate surface area is 163 Å². The Morgan fingerprint density at radius 1 is 1.11 bits per heavy atom. The average molecular weight is 409 g/mol. The lowest BCUT2D eigenvalue weighted by atomic mass is 10.0. The Bertz CT molecular complexity index is 927. The highest BCUT2D eigenvalue weighted by atomic mass is 32.1. The summed E-state index contributed by atoms with van der Waals surface area (Å²) in [7, 11) is 0. The van der Waals surface area contributed by atoms with Crippen LogP contribution >= 0.6 is 11.3 Å². The van der Waals surface area contributed by atoms with Crippen LogP contribution in [0.4, 0.5) is 18.0 Å². The number of hydrogen-bond donors (Lipinski definition) is 2. The molecule has 3 rings (SSSR count). The van der Waals surface area contributed by atoms with Crippen molar-refractivity contribution in [2.75, 3.05) is 0 Å². The first-order chi connectivity index (χ1) is 13.3. The Hall–Kier alpha value is -2.58. The third kappa shape index (κ3) is 5.02. The molecule has 3 aromatic rings. The number of halogens is 3. The number of thiophene rings is 1. The number of fused-ring (bicyclic) bond motifs is 1. The summed E-state index contributed by atoms with van der Waals surface area (Å²) in [4.78, 5) is 12.0. The van der Waals surface area contributed by atoms with Crippen molar-refractivity contribution in [2.45, 2.75) is 31.3 Å². The summed E-state index contributed by atoms with van der Waals surface area (Å²) in [6.07, 6.45) is -8.78. The number of carbonyl (C=O) groups excluding carboxylic acids is 1. The predicted molar refractivity (Wildman–Crippen MR) is 101 cm³/mol. The van der Waals surface area contributed by atoms with Crippen molar-refractivity contribution in [1.29, 1.82) is 0 Å². The van der Waals surface area contributed by atoms with Crippen LogP contribution in [-0.4, -0.2) is 29.5 Å². The molecule has 0 aliphatic carbocycles. The standard InChI is InChI=1S/C20H18F3NO3S/c21-20(22,23)18(25)16(10-14-12-28-17-9-5-4-8-15(14)17)24-19(26)27-11-13-6-2-1-3-7-13/h1-9,12,16,18,25H,10-11H2,(H,24,26). The molecule has 2 aromatic carbocycles. The molecule has 2 N–H and O–H groups in total. The van der Waals surface area contributed by atoms with Gasteiger partial charge >= 0.3 is 12.3 Å². The van der Waals surface area contributed by atoms with Gasteiger partial charge in [0.2, 0.25) is 0 Å². The molecular weight excluding hydrogens is 391 g/mol. The lowest BCUT2D eigenvalue weighted by Gasteiger charge is -2.25. The van der Waals surface area contributed by atoms with E-state index in [1.807, 2.05) is 12.1 Å². The second-order valence-corrected chi connectivity index (χ2v) is 7.17. The molecule has 0 radical (unpaired) electrons. The van der Waals surface area contributed by atoms with Gasteiger partial charge < -0.3 is 15.2 Å². The summed E-state index contributed by atoms with van der Waals surface area (Å²) in [5, 5.41) is 14.5. The largest absolute Gasteiger partial charge is 0.445 e. The maximum atomic E-state index is 13.1. The lowest BCUT2D eigenvalue weighted by molar-refractivity contribution is -0.211. The zero-order valence-electron chi connectivity index (χ0n) is 14.6. The third-order valence-corrected chi connectivity index (χ3v) is 5.25. The van der Waals surface area contributed by atoms with Crippen LogP contribution in [0.2, 0.25) is 0 Å². The van der Waals surface area contributed by atoms with Crippen molar-refractivity contribution in [1.82, 2.24) is 5.32 Å². The van der Waals surface area contributed by atoms with Crippen LogP contribution in [0.3, 0.4) is 0 Å². The zero-order valence-corrected chi connectivity index (χ0v) is 15.5. The van der Waals surface area contributed by atoms with Gasteiger partial charge in [-0.15, -0.1) is 11.3 Å². The molecule has 2 atom stereocenters. The van der Waals surface area contributed by atoms with Gasteiger partial charge in [-0.3, -0.25) is 0 Å². The van der Waals surface area contributed by atoms with E-state index in [9.17, 15) is 23.1 Å². The number of aliphatic hydroxyl groups excluding tert-OH is 1. The number of benzene rings is 2. The molecule has 4 nitrogen and oxygen atoms in total. The van der Waals surface area contributed by atoms with Gasteiger partial charge in [-0.05, 0) is 34.4 Å². The van der Waals surface area contributed by atoms with Gasteiger partial charge in [0.15, 0.2) is 6.10 Å². The van der Waals surface area contributed by atoms with E-state index in [0.717, 1.165) is 10.1 Å². The Balaban J connectivity index is 1.72. The second kappa shape index (κ2) is 8.62. The molecule has 0 bridgehead atoms. The van der Waals surface area contributed by atoms with Crippen molar-refractivity contribution in [2.24, 2.45) is 0 Å². The molecule has 0 aliphatic rings. The van der Waals surface area contributed by atoms with Gasteiger partial charge in [0.05, 0.1) is 6.04 Å². The van der Waals surface area contributed by atoms with Crippen molar-refractivity contribution in [3.63, 3.8) is 0 Å². The Morgan fingerprint density at radius 2 is 1.79 bits per heavy atom. The summed E-state index contributed by atoms with van der Waals surface area (Å²) in [6, 6.07) is 14.5. The van der Waals surface area contributed by atoms with Crippen LogP contribution in [0.5, 0.6) is 0 Å². The molecule has 8 heteroatoms. The number of ether oxygens (including phenoxy) is 1. The molecule has 1 aromatic heterocycles. The highest BCUT2D eigenvalue weighted by Crippen LogP contribution is 2.29. The van der Waals surface area contributed by atoms with Crippen molar-refractivity contribution in [3.05, 3.63) is 71.1 Å². The molecule has 1 amide bonds. The molecule has 0 saturated heterocycles. The third-order valence-electron chi connectivity index (χ3n) is 4.23. The number of alkyl halides is 3.